The molecule has 6 heterocycles. The molecule has 21 nitrogen and oxygen atoms in total. The van der Waals surface area contributed by atoms with Crippen LogP contribution in [0.25, 0.3) is 0 Å². The van der Waals surface area contributed by atoms with Crippen LogP contribution in [0, 0.1) is 27.7 Å². The number of aryl methyl sites for hydroxylation is 4. The van der Waals surface area contributed by atoms with Gasteiger partial charge in [0.15, 0.2) is 0 Å². The molecule has 0 bridgehead atoms. The SMILES string of the molecule is Cc1ccc([C@@H]2O[C@H]([C@@H](O)Cc3ccc4c(c3)COC4(C)COc3ccc(Cc4cc([C@@H]5O[C@H](CO)[C@@H](O)[C@H](O)[C@H]5O)ccc4C)cc3)[C@@H](O)[C@H](O)[C@H]2O)cc1Cc1ccc(OCC2(C)OCc3ccc(COC[C@H]4O[C@@H](c5ccc(C)c(Cc6ccc(OCC7(C)OCc8cccc(C)c87)cc6)c5)[C@H](O)[C@@H](O)[C@@H]4O)cc32)cc1. The van der Waals surface area contributed by atoms with Gasteiger partial charge in [-0.1, -0.05) is 146 Å². The van der Waals surface area contributed by atoms with Gasteiger partial charge in [-0.15, -0.1) is 0 Å². The van der Waals surface area contributed by atoms with Crippen LogP contribution in [-0.4, -0.2) is 169 Å². The van der Waals surface area contributed by atoms with Crippen LogP contribution >= 0.6 is 0 Å². The third kappa shape index (κ3) is 16.8. The molecule has 6 aliphatic heterocycles. The summed E-state index contributed by atoms with van der Waals surface area (Å²) < 4.78 is 62.9. The zero-order valence-electron chi connectivity index (χ0n) is 65.3. The fraction of sp³-hybridized carbons (Fsp3) is 0.419. The van der Waals surface area contributed by atoms with Gasteiger partial charge in [-0.25, -0.2) is 0 Å². The summed E-state index contributed by atoms with van der Waals surface area (Å²) in [5, 5.41) is 121. The van der Waals surface area contributed by atoms with E-state index < -0.39 is 121 Å². The van der Waals surface area contributed by atoms with Crippen molar-refractivity contribution in [1.82, 2.24) is 0 Å². The highest BCUT2D eigenvalue weighted by Crippen LogP contribution is 2.44. The first kappa shape index (κ1) is 80.8. The molecule has 0 aliphatic carbocycles. The van der Waals surface area contributed by atoms with E-state index in [9.17, 15) is 56.2 Å². The second kappa shape index (κ2) is 33.7. The highest BCUT2D eigenvalue weighted by Gasteiger charge is 2.49. The number of hydrogen-bond acceptors (Lipinski definition) is 21. The first-order valence-electron chi connectivity index (χ1n) is 39.4. The lowest BCUT2D eigenvalue weighted by molar-refractivity contribution is -0.245. The van der Waals surface area contributed by atoms with Crippen molar-refractivity contribution in [3.8, 4) is 17.2 Å². The van der Waals surface area contributed by atoms with Crippen molar-refractivity contribution in [3.05, 3.63) is 299 Å². The fourth-order valence-electron chi connectivity index (χ4n) is 17.1. The zero-order chi connectivity index (χ0) is 80.1. The van der Waals surface area contributed by atoms with Crippen LogP contribution < -0.4 is 14.2 Å². The minimum Gasteiger partial charge on any atom is -0.490 e. The molecule has 114 heavy (non-hydrogen) atoms. The molecular weight excluding hydrogens is 1450 g/mol. The molecule has 0 amide bonds. The second-order valence-electron chi connectivity index (χ2n) is 32.6. The molecule has 602 valence electrons. The molecule has 0 saturated carbocycles. The first-order chi connectivity index (χ1) is 54.7. The van der Waals surface area contributed by atoms with E-state index in [-0.39, 0.29) is 32.8 Å². The van der Waals surface area contributed by atoms with Crippen molar-refractivity contribution in [3.63, 3.8) is 0 Å². The van der Waals surface area contributed by atoms with Crippen molar-refractivity contribution in [2.75, 3.05) is 33.0 Å². The molecular formula is C93H104O21. The van der Waals surface area contributed by atoms with Crippen LogP contribution in [0.3, 0.4) is 0 Å². The number of benzene rings is 9. The van der Waals surface area contributed by atoms with Crippen LogP contribution in [0.15, 0.2) is 182 Å². The monoisotopic (exact) mass is 1560 g/mol. The van der Waals surface area contributed by atoms with Crippen molar-refractivity contribution < 1.29 is 104 Å². The summed E-state index contributed by atoms with van der Waals surface area (Å²) in [6.07, 6.45) is -18.9. The number of fused-ring (bicyclic) bond motifs is 3. The number of aliphatic hydroxyl groups excluding tert-OH is 11. The van der Waals surface area contributed by atoms with E-state index in [4.69, 9.17) is 47.4 Å². The van der Waals surface area contributed by atoms with E-state index >= 15 is 0 Å². The Morgan fingerprint density at radius 1 is 0.386 bits per heavy atom. The maximum Gasteiger partial charge on any atom is 0.125 e. The average Bonchev–Trinajstić information content (AvgIpc) is 1.69. The molecule has 0 radical (unpaired) electrons. The van der Waals surface area contributed by atoms with Gasteiger partial charge >= 0.3 is 0 Å². The van der Waals surface area contributed by atoms with Crippen molar-refractivity contribution in [2.45, 2.75) is 215 Å². The summed E-state index contributed by atoms with van der Waals surface area (Å²) in [6, 6.07) is 58.9. The van der Waals surface area contributed by atoms with Crippen molar-refractivity contribution in [1.29, 1.82) is 0 Å². The summed E-state index contributed by atoms with van der Waals surface area (Å²) in [5.41, 5.74) is 17.8. The average molecular weight is 1560 g/mol. The topological polar surface area (TPSA) is 315 Å². The minimum absolute atomic E-state index is 0.0526. The Kier molecular flexibility index (Phi) is 23.9. The predicted molar refractivity (Wildman–Crippen MR) is 422 cm³/mol. The van der Waals surface area contributed by atoms with Crippen LogP contribution in [0.1, 0.15) is 156 Å². The van der Waals surface area contributed by atoms with Gasteiger partial charge in [-0.2, -0.15) is 0 Å². The Morgan fingerprint density at radius 2 is 0.816 bits per heavy atom. The van der Waals surface area contributed by atoms with Crippen LogP contribution in [0.5, 0.6) is 17.2 Å². The molecule has 0 spiro atoms. The lowest BCUT2D eigenvalue weighted by atomic mass is 9.86. The van der Waals surface area contributed by atoms with Gasteiger partial charge in [-0.05, 0) is 221 Å². The maximum absolute atomic E-state index is 11.8. The molecule has 9 aromatic carbocycles. The molecule has 21 heteroatoms. The Balaban J connectivity index is 0.517. The summed E-state index contributed by atoms with van der Waals surface area (Å²) in [5.74, 6) is 2.02. The minimum atomic E-state index is -1.62. The van der Waals surface area contributed by atoms with Crippen LogP contribution in [0.4, 0.5) is 0 Å². The highest BCUT2D eigenvalue weighted by molar-refractivity contribution is 5.46. The van der Waals surface area contributed by atoms with Crippen LogP contribution in [-0.2, 0) is 102 Å². The number of hydrogen-bond donors (Lipinski definition) is 11. The number of rotatable bonds is 26. The molecule has 3 saturated heterocycles. The molecule has 0 aromatic heterocycles. The van der Waals surface area contributed by atoms with Crippen molar-refractivity contribution >= 4 is 0 Å². The number of ether oxygens (including phenoxy) is 10. The highest BCUT2D eigenvalue weighted by atomic mass is 16.6. The van der Waals surface area contributed by atoms with E-state index in [1.165, 1.54) is 16.7 Å². The van der Waals surface area contributed by atoms with E-state index in [0.717, 1.165) is 89.2 Å². The molecule has 15 rings (SSSR count). The van der Waals surface area contributed by atoms with Gasteiger partial charge in [0.05, 0.1) is 45.7 Å². The number of aliphatic hydroxyl groups is 11. The Morgan fingerprint density at radius 3 is 1.33 bits per heavy atom. The molecule has 19 atom stereocenters. The molecule has 6 aliphatic rings. The normalized spacial score (nSPS) is 29.4. The van der Waals surface area contributed by atoms with Gasteiger partial charge in [0.25, 0.3) is 0 Å². The Hall–Kier alpha value is -8.34. The standard InChI is InChI=1S/C93H104O21/c1-51-11-22-60(87-83(101)80(98)78(96)75(42-94)112-87)39-65(51)33-55-15-26-69(27-16-55)106-48-91(5)72-32-21-58(36-68(72)46-110-91)38-74(95)90-86(104)82(100)85(103)89(114-90)62-24-13-53(3)67(41-62)35-56-17-28-70(29-18-56)107-49-92(6)73-37-59(14-25-63(73)44-109-92)43-105-47-76-79(97)81(99)84(102)88(113-76)61-23-12-52(2)66(40-61)34-57-19-30-71(31-20-57)108-50-93(7)77-54(4)9-8-10-64(77)45-111-93/h8-32,36-37,39-41,74-76,78-90,94-104H,33-35,38,42-50H2,1-7H3/t74-,75+,76+,78+,79+,80-,81-,82+,83+,84+,85+,86-,87-,88-,89-,90+,91?,92?,93?/m0/s1. The zero-order valence-corrected chi connectivity index (χ0v) is 65.3. The van der Waals surface area contributed by atoms with Crippen LogP contribution in [0.2, 0.25) is 0 Å². The third-order valence-electron chi connectivity index (χ3n) is 24.2. The van der Waals surface area contributed by atoms with Gasteiger partial charge < -0.3 is 104 Å². The summed E-state index contributed by atoms with van der Waals surface area (Å²) in [7, 11) is 0. The quantitative estimate of drug-likeness (QED) is 0.0240. The van der Waals surface area contributed by atoms with E-state index in [2.05, 4.69) is 32.0 Å². The van der Waals surface area contributed by atoms with Crippen molar-refractivity contribution in [2.24, 2.45) is 0 Å². The smallest absolute Gasteiger partial charge is 0.125 e. The Labute approximate surface area is 664 Å². The van der Waals surface area contributed by atoms with E-state index in [0.29, 0.717) is 73.9 Å². The molecule has 9 aromatic rings. The Bertz CT molecular complexity index is 4860. The largest absolute Gasteiger partial charge is 0.490 e. The molecule has 3 fully saturated rings. The molecule has 11 N–H and O–H groups in total. The van der Waals surface area contributed by atoms with Gasteiger partial charge in [-0.3, -0.25) is 0 Å². The third-order valence-corrected chi connectivity index (χ3v) is 24.2. The van der Waals surface area contributed by atoms with E-state index in [1.807, 2.05) is 198 Å². The second-order valence-corrected chi connectivity index (χ2v) is 32.6. The summed E-state index contributed by atoms with van der Waals surface area (Å²) in [6.45, 7) is 15.8. The first-order valence-corrected chi connectivity index (χ1v) is 39.4. The summed E-state index contributed by atoms with van der Waals surface area (Å²) in [4.78, 5) is 0. The van der Waals surface area contributed by atoms with E-state index in [1.54, 1.807) is 0 Å². The summed E-state index contributed by atoms with van der Waals surface area (Å²) >= 11 is 0. The maximum atomic E-state index is 11.8. The molecule has 3 unspecified atom stereocenters. The predicted octanol–water partition coefficient (Wildman–Crippen LogP) is 9.55. The van der Waals surface area contributed by atoms with Gasteiger partial charge in [0.1, 0.15) is 145 Å². The fourth-order valence-corrected chi connectivity index (χ4v) is 17.1. The van der Waals surface area contributed by atoms with Gasteiger partial charge in [0, 0.05) is 6.42 Å². The lowest BCUT2D eigenvalue weighted by Gasteiger charge is -2.42. The lowest BCUT2D eigenvalue weighted by Crippen LogP contribution is -2.58. The van der Waals surface area contributed by atoms with Gasteiger partial charge in [0.2, 0.25) is 0 Å².